The fraction of sp³-hybridized carbons (Fsp3) is 0.333. The third kappa shape index (κ3) is 2.72. The van der Waals surface area contributed by atoms with E-state index < -0.39 is 4.92 Å². The molecule has 22 heavy (non-hydrogen) atoms. The molecule has 10 heteroatoms. The van der Waals surface area contributed by atoms with Crippen molar-refractivity contribution in [2.24, 2.45) is 0 Å². The molecule has 0 radical (unpaired) electrons. The highest BCUT2D eigenvalue weighted by Crippen LogP contribution is 2.23. The van der Waals surface area contributed by atoms with Crippen molar-refractivity contribution < 1.29 is 4.92 Å². The van der Waals surface area contributed by atoms with E-state index in [2.05, 4.69) is 32.7 Å². The largest absolute Gasteiger partial charge is 0.341 e. The number of nitrogens with zero attached hydrogens (tertiary/aromatic N) is 6. The summed E-state index contributed by atoms with van der Waals surface area (Å²) in [6, 6.07) is 4.77. The molecule has 3 rings (SSSR count). The van der Waals surface area contributed by atoms with Crippen LogP contribution in [0.1, 0.15) is 18.4 Å². The number of nitro benzene ring substituents is 1. The van der Waals surface area contributed by atoms with Crippen molar-refractivity contribution in [1.29, 1.82) is 0 Å². The van der Waals surface area contributed by atoms with Crippen LogP contribution in [0.15, 0.2) is 18.2 Å². The van der Waals surface area contributed by atoms with Crippen LogP contribution in [0.3, 0.4) is 0 Å². The molecule has 1 aromatic carbocycles. The SMILES string of the molecule is CCCc1nnc(NCn2nnc3c([N+](=O)[O-])cccc32)s1. The monoisotopic (exact) mass is 319 g/mol. The molecule has 2 aromatic heterocycles. The van der Waals surface area contributed by atoms with E-state index in [-0.39, 0.29) is 11.2 Å². The first kappa shape index (κ1) is 14.3. The molecule has 1 N–H and O–H groups in total. The normalized spacial score (nSPS) is 11.0. The van der Waals surface area contributed by atoms with E-state index in [4.69, 9.17) is 0 Å². The number of hydrogen-bond acceptors (Lipinski definition) is 8. The predicted molar refractivity (Wildman–Crippen MR) is 81.7 cm³/mol. The van der Waals surface area contributed by atoms with Gasteiger partial charge < -0.3 is 5.32 Å². The lowest BCUT2D eigenvalue weighted by molar-refractivity contribution is -0.383. The van der Waals surface area contributed by atoms with Crippen LogP contribution in [0.4, 0.5) is 10.8 Å². The van der Waals surface area contributed by atoms with E-state index >= 15 is 0 Å². The summed E-state index contributed by atoms with van der Waals surface area (Å²) in [5, 5.41) is 31.7. The smallest absolute Gasteiger partial charge is 0.299 e. The summed E-state index contributed by atoms with van der Waals surface area (Å²) in [4.78, 5) is 10.5. The highest BCUT2D eigenvalue weighted by molar-refractivity contribution is 7.15. The summed E-state index contributed by atoms with van der Waals surface area (Å²) in [6.07, 6.45) is 1.92. The summed E-state index contributed by atoms with van der Waals surface area (Å²) < 4.78 is 1.56. The van der Waals surface area contributed by atoms with E-state index in [0.717, 1.165) is 17.8 Å². The van der Waals surface area contributed by atoms with Crippen LogP contribution >= 0.6 is 11.3 Å². The highest BCUT2D eigenvalue weighted by Gasteiger charge is 2.16. The number of nitrogens with one attached hydrogen (secondary N) is 1. The molecule has 0 unspecified atom stereocenters. The van der Waals surface area contributed by atoms with E-state index in [1.54, 1.807) is 16.8 Å². The maximum atomic E-state index is 11.0. The summed E-state index contributed by atoms with van der Waals surface area (Å²) in [6.45, 7) is 2.40. The lowest BCUT2D eigenvalue weighted by Crippen LogP contribution is -2.09. The Morgan fingerprint density at radius 3 is 3.00 bits per heavy atom. The molecule has 114 valence electrons. The molecule has 0 aliphatic heterocycles. The van der Waals surface area contributed by atoms with Gasteiger partial charge in [-0.2, -0.15) is 0 Å². The van der Waals surface area contributed by atoms with Crippen molar-refractivity contribution in [2.45, 2.75) is 26.4 Å². The van der Waals surface area contributed by atoms with Crippen LogP contribution in [0.2, 0.25) is 0 Å². The minimum absolute atomic E-state index is 0.0510. The first-order chi connectivity index (χ1) is 10.7. The Hall–Kier alpha value is -2.62. The van der Waals surface area contributed by atoms with Crippen molar-refractivity contribution in [3.05, 3.63) is 33.3 Å². The number of hydrogen-bond donors (Lipinski definition) is 1. The Morgan fingerprint density at radius 2 is 2.23 bits per heavy atom. The third-order valence-electron chi connectivity index (χ3n) is 3.03. The van der Waals surface area contributed by atoms with E-state index in [1.807, 2.05) is 0 Å². The highest BCUT2D eigenvalue weighted by atomic mass is 32.1. The average molecular weight is 319 g/mol. The molecule has 0 fully saturated rings. The number of non-ortho nitro benzene ring substituents is 1. The molecule has 0 saturated carbocycles. The first-order valence-corrected chi connectivity index (χ1v) is 7.53. The summed E-state index contributed by atoms with van der Waals surface area (Å²) in [5.41, 5.74) is 0.822. The van der Waals surface area contributed by atoms with Gasteiger partial charge in [0.1, 0.15) is 11.7 Å². The van der Waals surface area contributed by atoms with Crippen LogP contribution in [0.25, 0.3) is 11.0 Å². The van der Waals surface area contributed by atoms with Crippen molar-refractivity contribution >= 4 is 33.2 Å². The lowest BCUT2D eigenvalue weighted by Gasteiger charge is -2.02. The minimum Gasteiger partial charge on any atom is -0.341 e. The van der Waals surface area contributed by atoms with E-state index in [9.17, 15) is 10.1 Å². The quantitative estimate of drug-likeness (QED) is 0.547. The number of rotatable bonds is 6. The van der Waals surface area contributed by atoms with Gasteiger partial charge >= 0.3 is 0 Å². The van der Waals surface area contributed by atoms with Crippen molar-refractivity contribution in [3.63, 3.8) is 0 Å². The number of benzene rings is 1. The van der Waals surface area contributed by atoms with Crippen LogP contribution in [-0.2, 0) is 13.1 Å². The van der Waals surface area contributed by atoms with Gasteiger partial charge in [-0.1, -0.05) is 29.5 Å². The number of nitro groups is 1. The van der Waals surface area contributed by atoms with Crippen LogP contribution < -0.4 is 5.32 Å². The van der Waals surface area contributed by atoms with Gasteiger partial charge in [0.15, 0.2) is 5.52 Å². The second-order valence-electron chi connectivity index (χ2n) is 4.58. The summed E-state index contributed by atoms with van der Waals surface area (Å²) >= 11 is 1.49. The number of fused-ring (bicyclic) bond motifs is 1. The number of aromatic nitrogens is 5. The number of aryl methyl sites for hydroxylation is 1. The Kier molecular flexibility index (Phi) is 3.92. The summed E-state index contributed by atoms with van der Waals surface area (Å²) in [5.74, 6) is 0. The van der Waals surface area contributed by atoms with Crippen molar-refractivity contribution in [3.8, 4) is 0 Å². The molecular formula is C12H13N7O2S. The molecule has 0 aliphatic carbocycles. The maximum absolute atomic E-state index is 11.0. The molecule has 0 amide bonds. The van der Waals surface area contributed by atoms with Gasteiger partial charge in [-0.3, -0.25) is 10.1 Å². The molecule has 0 aliphatic rings. The van der Waals surface area contributed by atoms with Gasteiger partial charge in [0, 0.05) is 12.5 Å². The minimum atomic E-state index is -0.462. The average Bonchev–Trinajstić information content (AvgIpc) is 3.11. The molecule has 0 saturated heterocycles. The standard InChI is InChI=1S/C12H13N7O2S/c1-2-4-10-14-16-12(22-10)13-7-18-8-5-3-6-9(19(20)21)11(8)15-17-18/h3,5-6H,2,4,7H2,1H3,(H,13,16). The second-order valence-corrected chi connectivity index (χ2v) is 5.64. The molecule has 3 aromatic rings. The van der Waals surface area contributed by atoms with Gasteiger partial charge in [-0.25, -0.2) is 4.68 Å². The lowest BCUT2D eigenvalue weighted by atomic mass is 10.3. The Balaban J connectivity index is 1.79. The fourth-order valence-corrected chi connectivity index (χ4v) is 2.85. The second kappa shape index (κ2) is 6.02. The zero-order valence-electron chi connectivity index (χ0n) is 11.8. The molecule has 0 atom stereocenters. The Labute approximate surface area is 129 Å². The molecule has 0 bridgehead atoms. The molecule has 0 spiro atoms. The maximum Gasteiger partial charge on any atom is 0.299 e. The first-order valence-electron chi connectivity index (χ1n) is 6.72. The van der Waals surface area contributed by atoms with Gasteiger partial charge in [-0.05, 0) is 12.5 Å². The predicted octanol–water partition coefficient (Wildman–Crippen LogP) is 2.21. The molecule has 9 nitrogen and oxygen atoms in total. The van der Waals surface area contributed by atoms with Gasteiger partial charge in [0.2, 0.25) is 5.13 Å². The Bertz CT molecular complexity index is 813. The topological polar surface area (TPSA) is 112 Å². The van der Waals surface area contributed by atoms with Gasteiger partial charge in [-0.15, -0.1) is 15.3 Å². The fourth-order valence-electron chi connectivity index (χ4n) is 2.02. The van der Waals surface area contributed by atoms with Crippen molar-refractivity contribution in [1.82, 2.24) is 25.2 Å². The zero-order valence-corrected chi connectivity index (χ0v) is 12.6. The van der Waals surface area contributed by atoms with Crippen LogP contribution in [0.5, 0.6) is 0 Å². The van der Waals surface area contributed by atoms with E-state index in [1.165, 1.54) is 17.4 Å². The van der Waals surface area contributed by atoms with Gasteiger partial charge in [0.25, 0.3) is 5.69 Å². The zero-order chi connectivity index (χ0) is 15.5. The Morgan fingerprint density at radius 1 is 1.36 bits per heavy atom. The molecule has 2 heterocycles. The number of anilines is 1. The summed E-state index contributed by atoms with van der Waals surface area (Å²) in [7, 11) is 0. The van der Waals surface area contributed by atoms with Crippen molar-refractivity contribution in [2.75, 3.05) is 5.32 Å². The molecular weight excluding hydrogens is 306 g/mol. The van der Waals surface area contributed by atoms with E-state index in [0.29, 0.717) is 17.3 Å². The third-order valence-corrected chi connectivity index (χ3v) is 3.97. The van der Waals surface area contributed by atoms with Crippen LogP contribution in [0, 0.1) is 10.1 Å². The van der Waals surface area contributed by atoms with Crippen LogP contribution in [-0.4, -0.2) is 30.1 Å². The van der Waals surface area contributed by atoms with Gasteiger partial charge in [0.05, 0.1) is 10.4 Å².